The number of anilines is 2. The van der Waals surface area contributed by atoms with E-state index in [2.05, 4.69) is 51.5 Å². The molecule has 2 aromatic heterocycles. The number of nitrogens with zero attached hydrogens (tertiary/aromatic N) is 4. The summed E-state index contributed by atoms with van der Waals surface area (Å²) >= 11 is 0. The van der Waals surface area contributed by atoms with Gasteiger partial charge in [-0.1, -0.05) is 48.5 Å². The van der Waals surface area contributed by atoms with Gasteiger partial charge >= 0.3 is 0 Å². The Morgan fingerprint density at radius 2 is 1.88 bits per heavy atom. The van der Waals surface area contributed by atoms with Gasteiger partial charge in [0.05, 0.1) is 6.61 Å². The first-order valence-corrected chi connectivity index (χ1v) is 11.0. The standard InChI is InChI=1S/C24H26N6O4/c1-13-9-14(7-8-16(13)15-5-3-2-4-6-15)10-26-24-29-18-21(25)27-12-28-22(18)30(24)23-20(33)19(32)17(11-31)34-23/h2-9,12,17,19-20,23,31-33H,10-11H2,1H3,(H,26,29)(H2,25,27,28)/t17-,19-,20-,23-/m1/s1. The molecule has 0 radical (unpaired) electrons. The number of aliphatic hydroxyl groups excluding tert-OH is 3. The van der Waals surface area contributed by atoms with E-state index < -0.39 is 31.1 Å². The van der Waals surface area contributed by atoms with Gasteiger partial charge in [-0.2, -0.15) is 0 Å². The molecule has 34 heavy (non-hydrogen) atoms. The minimum atomic E-state index is -1.29. The number of hydrogen-bond donors (Lipinski definition) is 5. The first-order chi connectivity index (χ1) is 16.5. The number of aromatic nitrogens is 4. The number of fused-ring (bicyclic) bond motifs is 1. The number of hydrogen-bond acceptors (Lipinski definition) is 9. The van der Waals surface area contributed by atoms with Crippen molar-refractivity contribution in [2.75, 3.05) is 17.7 Å². The molecular weight excluding hydrogens is 436 g/mol. The number of nitrogens with one attached hydrogen (secondary N) is 1. The summed E-state index contributed by atoms with van der Waals surface area (Å²) in [7, 11) is 0. The molecule has 0 bridgehead atoms. The Hall–Kier alpha value is -3.57. The highest BCUT2D eigenvalue weighted by Crippen LogP contribution is 2.35. The van der Waals surface area contributed by atoms with Gasteiger partial charge in [0, 0.05) is 6.54 Å². The number of nitrogens with two attached hydrogens (primary N) is 1. The zero-order valence-corrected chi connectivity index (χ0v) is 18.5. The van der Waals surface area contributed by atoms with Crippen molar-refractivity contribution < 1.29 is 20.1 Å². The minimum absolute atomic E-state index is 0.182. The average Bonchev–Trinajstić information content (AvgIpc) is 3.36. The zero-order valence-electron chi connectivity index (χ0n) is 18.5. The van der Waals surface area contributed by atoms with Crippen LogP contribution in [0.4, 0.5) is 11.8 Å². The molecule has 2 aromatic carbocycles. The fourth-order valence-electron chi connectivity index (χ4n) is 4.34. The van der Waals surface area contributed by atoms with Crippen molar-refractivity contribution in [3.8, 4) is 11.1 Å². The lowest BCUT2D eigenvalue weighted by molar-refractivity contribution is -0.0501. The molecule has 4 atom stereocenters. The van der Waals surface area contributed by atoms with Gasteiger partial charge in [0.2, 0.25) is 5.95 Å². The van der Waals surface area contributed by atoms with Crippen LogP contribution in [-0.2, 0) is 11.3 Å². The first-order valence-electron chi connectivity index (χ1n) is 11.0. The van der Waals surface area contributed by atoms with Gasteiger partial charge in [0.15, 0.2) is 23.2 Å². The van der Waals surface area contributed by atoms with Gasteiger partial charge in [-0.25, -0.2) is 15.0 Å². The van der Waals surface area contributed by atoms with Crippen LogP contribution in [0.3, 0.4) is 0 Å². The molecule has 1 aliphatic rings. The monoisotopic (exact) mass is 462 g/mol. The Bertz CT molecular complexity index is 1310. The third-order valence-electron chi connectivity index (χ3n) is 6.10. The van der Waals surface area contributed by atoms with Gasteiger partial charge in [-0.05, 0) is 29.2 Å². The number of ether oxygens (including phenoxy) is 1. The molecule has 3 heterocycles. The highest BCUT2D eigenvalue weighted by molar-refractivity contribution is 5.84. The molecule has 6 N–H and O–H groups in total. The Morgan fingerprint density at radius 3 is 2.59 bits per heavy atom. The SMILES string of the molecule is Cc1cc(CNc2nc3c(N)ncnc3n2[C@@H]2O[C@H](CO)[C@@H](O)[C@H]2O)ccc1-c1ccccc1. The lowest BCUT2D eigenvalue weighted by Crippen LogP contribution is -2.33. The normalized spacial score (nSPS) is 22.4. The van der Waals surface area contributed by atoms with Crippen molar-refractivity contribution in [2.45, 2.75) is 38.0 Å². The van der Waals surface area contributed by atoms with Crippen LogP contribution >= 0.6 is 0 Å². The Balaban J connectivity index is 1.46. The predicted molar refractivity (Wildman–Crippen MR) is 127 cm³/mol. The fraction of sp³-hybridized carbons (Fsp3) is 0.292. The number of imidazole rings is 1. The largest absolute Gasteiger partial charge is 0.394 e. The summed E-state index contributed by atoms with van der Waals surface area (Å²) in [6.07, 6.45) is -3.20. The molecule has 0 amide bonds. The Morgan fingerprint density at radius 1 is 1.09 bits per heavy atom. The zero-order chi connectivity index (χ0) is 23.8. The Kier molecular flexibility index (Phi) is 5.88. The molecule has 0 spiro atoms. The second-order valence-electron chi connectivity index (χ2n) is 8.33. The minimum Gasteiger partial charge on any atom is -0.394 e. The third kappa shape index (κ3) is 3.86. The quantitative estimate of drug-likeness (QED) is 0.288. The molecule has 0 unspecified atom stereocenters. The maximum atomic E-state index is 10.6. The maximum absolute atomic E-state index is 10.6. The molecule has 10 heteroatoms. The molecule has 0 saturated carbocycles. The van der Waals surface area contributed by atoms with Crippen LogP contribution < -0.4 is 11.1 Å². The van der Waals surface area contributed by atoms with Crippen molar-refractivity contribution >= 4 is 22.9 Å². The molecule has 10 nitrogen and oxygen atoms in total. The van der Waals surface area contributed by atoms with E-state index in [9.17, 15) is 15.3 Å². The molecular formula is C24H26N6O4. The predicted octanol–water partition coefficient (Wildman–Crippen LogP) is 1.61. The van der Waals surface area contributed by atoms with Crippen molar-refractivity contribution in [1.82, 2.24) is 19.5 Å². The molecule has 4 aromatic rings. The fourth-order valence-corrected chi connectivity index (χ4v) is 4.34. The van der Waals surface area contributed by atoms with Crippen LogP contribution in [-0.4, -0.2) is 59.8 Å². The van der Waals surface area contributed by atoms with E-state index in [4.69, 9.17) is 10.5 Å². The van der Waals surface area contributed by atoms with E-state index in [1.54, 1.807) is 4.57 Å². The van der Waals surface area contributed by atoms with Gasteiger partial charge in [0.25, 0.3) is 0 Å². The van der Waals surface area contributed by atoms with Crippen molar-refractivity contribution in [3.63, 3.8) is 0 Å². The van der Waals surface area contributed by atoms with Crippen LogP contribution in [0.1, 0.15) is 17.4 Å². The summed E-state index contributed by atoms with van der Waals surface area (Å²) in [6, 6.07) is 16.4. The van der Waals surface area contributed by atoms with Gasteiger partial charge in [0.1, 0.15) is 24.6 Å². The van der Waals surface area contributed by atoms with Gasteiger partial charge < -0.3 is 31.1 Å². The number of aliphatic hydroxyl groups is 3. The van der Waals surface area contributed by atoms with E-state index >= 15 is 0 Å². The van der Waals surface area contributed by atoms with E-state index in [0.717, 1.165) is 22.3 Å². The summed E-state index contributed by atoms with van der Waals surface area (Å²) in [4.78, 5) is 12.8. The van der Waals surface area contributed by atoms with Crippen LogP contribution in [0.15, 0.2) is 54.9 Å². The molecule has 1 fully saturated rings. The lowest BCUT2D eigenvalue weighted by atomic mass is 9.98. The second kappa shape index (κ2) is 8.99. The molecule has 5 rings (SSSR count). The van der Waals surface area contributed by atoms with E-state index in [-0.39, 0.29) is 5.82 Å². The number of rotatable bonds is 6. The van der Waals surface area contributed by atoms with Crippen LogP contribution in [0.25, 0.3) is 22.3 Å². The highest BCUT2D eigenvalue weighted by Gasteiger charge is 2.45. The van der Waals surface area contributed by atoms with Crippen LogP contribution in [0, 0.1) is 6.92 Å². The molecule has 0 aliphatic carbocycles. The first kappa shape index (κ1) is 22.2. The molecule has 1 saturated heterocycles. The molecule has 1 aliphatic heterocycles. The van der Waals surface area contributed by atoms with Gasteiger partial charge in [-0.3, -0.25) is 4.57 Å². The van der Waals surface area contributed by atoms with Crippen LogP contribution in [0.5, 0.6) is 0 Å². The Labute approximate surface area is 195 Å². The smallest absolute Gasteiger partial charge is 0.207 e. The topological polar surface area (TPSA) is 152 Å². The maximum Gasteiger partial charge on any atom is 0.207 e. The number of benzene rings is 2. The summed E-state index contributed by atoms with van der Waals surface area (Å²) in [6.45, 7) is 2.06. The van der Waals surface area contributed by atoms with Crippen molar-refractivity contribution in [3.05, 3.63) is 66.0 Å². The van der Waals surface area contributed by atoms with Crippen molar-refractivity contribution in [2.24, 2.45) is 0 Å². The lowest BCUT2D eigenvalue weighted by Gasteiger charge is -2.20. The second-order valence-corrected chi connectivity index (χ2v) is 8.33. The summed E-state index contributed by atoms with van der Waals surface area (Å²) in [5.74, 6) is 0.531. The summed E-state index contributed by atoms with van der Waals surface area (Å²) in [5, 5.41) is 33.6. The average molecular weight is 463 g/mol. The van der Waals surface area contributed by atoms with Crippen LogP contribution in [0.2, 0.25) is 0 Å². The summed E-state index contributed by atoms with van der Waals surface area (Å²) < 4.78 is 7.28. The highest BCUT2D eigenvalue weighted by atomic mass is 16.6. The summed E-state index contributed by atoms with van der Waals surface area (Å²) in [5.41, 5.74) is 11.2. The third-order valence-corrected chi connectivity index (χ3v) is 6.10. The number of aryl methyl sites for hydroxylation is 1. The van der Waals surface area contributed by atoms with E-state index in [1.807, 2.05) is 24.3 Å². The van der Waals surface area contributed by atoms with E-state index in [1.165, 1.54) is 6.33 Å². The van der Waals surface area contributed by atoms with Gasteiger partial charge in [-0.15, -0.1) is 0 Å². The van der Waals surface area contributed by atoms with Crippen molar-refractivity contribution in [1.29, 1.82) is 0 Å². The number of nitrogen functional groups attached to an aromatic ring is 1. The molecule has 176 valence electrons. The van der Waals surface area contributed by atoms with E-state index in [0.29, 0.717) is 23.7 Å².